The lowest BCUT2D eigenvalue weighted by molar-refractivity contribution is -0.122. The molecule has 3 nitrogen and oxygen atoms in total. The summed E-state index contributed by atoms with van der Waals surface area (Å²) >= 11 is 0. The SMILES string of the molecule is C=CCNC(=O)[C@@H](N)CC. The van der Waals surface area contributed by atoms with Crippen molar-refractivity contribution in [3.63, 3.8) is 0 Å². The molecule has 10 heavy (non-hydrogen) atoms. The first-order valence-corrected chi connectivity index (χ1v) is 3.36. The van der Waals surface area contributed by atoms with Crippen molar-refractivity contribution in [2.75, 3.05) is 6.54 Å². The first-order valence-electron chi connectivity index (χ1n) is 3.36. The Morgan fingerprint density at radius 3 is 2.90 bits per heavy atom. The third-order valence-electron chi connectivity index (χ3n) is 1.20. The Kier molecular flexibility index (Phi) is 4.58. The van der Waals surface area contributed by atoms with E-state index in [4.69, 9.17) is 5.73 Å². The number of rotatable bonds is 4. The molecule has 0 saturated heterocycles. The van der Waals surface area contributed by atoms with E-state index >= 15 is 0 Å². The maximum atomic E-state index is 10.8. The van der Waals surface area contributed by atoms with Gasteiger partial charge in [0, 0.05) is 6.54 Å². The number of nitrogens with two attached hydrogens (primary N) is 1. The summed E-state index contributed by atoms with van der Waals surface area (Å²) in [6.45, 7) is 5.83. The molecule has 1 amide bonds. The number of nitrogens with one attached hydrogen (secondary N) is 1. The lowest BCUT2D eigenvalue weighted by Crippen LogP contribution is -2.39. The van der Waals surface area contributed by atoms with Gasteiger partial charge in [0.1, 0.15) is 0 Å². The fourth-order valence-electron chi connectivity index (χ4n) is 0.489. The van der Waals surface area contributed by atoms with Crippen molar-refractivity contribution in [2.45, 2.75) is 19.4 Å². The maximum Gasteiger partial charge on any atom is 0.237 e. The van der Waals surface area contributed by atoms with Gasteiger partial charge in [-0.2, -0.15) is 0 Å². The maximum absolute atomic E-state index is 10.8. The summed E-state index contributed by atoms with van der Waals surface area (Å²) in [6, 6.07) is -0.375. The summed E-state index contributed by atoms with van der Waals surface area (Å²) in [5, 5.41) is 2.60. The molecule has 0 radical (unpaired) electrons. The third kappa shape index (κ3) is 3.25. The van der Waals surface area contributed by atoms with Crippen LogP contribution in [-0.4, -0.2) is 18.5 Å². The molecule has 58 valence electrons. The second-order valence-corrected chi connectivity index (χ2v) is 2.05. The molecule has 0 saturated carbocycles. The van der Waals surface area contributed by atoms with Crippen molar-refractivity contribution in [3.8, 4) is 0 Å². The van der Waals surface area contributed by atoms with Gasteiger partial charge >= 0.3 is 0 Å². The molecule has 0 aliphatic carbocycles. The van der Waals surface area contributed by atoms with E-state index in [0.29, 0.717) is 13.0 Å². The standard InChI is InChI=1S/C7H14N2O/c1-3-5-9-7(10)6(8)4-2/h3,6H,1,4-5,8H2,2H3,(H,9,10)/t6-/m0/s1. The molecule has 0 aliphatic heterocycles. The van der Waals surface area contributed by atoms with E-state index in [0.717, 1.165) is 0 Å². The van der Waals surface area contributed by atoms with Crippen LogP contribution >= 0.6 is 0 Å². The van der Waals surface area contributed by atoms with E-state index in [-0.39, 0.29) is 11.9 Å². The predicted molar refractivity (Wildman–Crippen MR) is 41.5 cm³/mol. The molecule has 0 spiro atoms. The summed E-state index contributed by atoms with van der Waals surface area (Å²) < 4.78 is 0. The predicted octanol–water partition coefficient (Wildman–Crippen LogP) is 0.0259. The lowest BCUT2D eigenvalue weighted by atomic mass is 10.2. The topological polar surface area (TPSA) is 55.1 Å². The van der Waals surface area contributed by atoms with E-state index < -0.39 is 0 Å². The molecule has 0 aromatic heterocycles. The van der Waals surface area contributed by atoms with Crippen molar-refractivity contribution in [3.05, 3.63) is 12.7 Å². The van der Waals surface area contributed by atoms with Crippen LogP contribution in [0, 0.1) is 0 Å². The Labute approximate surface area is 61.3 Å². The minimum Gasteiger partial charge on any atom is -0.351 e. The number of carbonyl (C=O) groups excluding carboxylic acids is 1. The van der Waals surface area contributed by atoms with Crippen molar-refractivity contribution in [1.82, 2.24) is 5.32 Å². The summed E-state index contributed by atoms with van der Waals surface area (Å²) in [5.74, 6) is -0.109. The molecule has 1 atom stereocenters. The molecular formula is C7H14N2O. The van der Waals surface area contributed by atoms with Gasteiger partial charge in [0.05, 0.1) is 6.04 Å². The summed E-state index contributed by atoms with van der Waals surface area (Å²) in [7, 11) is 0. The number of hydrogen-bond acceptors (Lipinski definition) is 2. The van der Waals surface area contributed by atoms with E-state index in [1.54, 1.807) is 6.08 Å². The van der Waals surface area contributed by atoms with Gasteiger partial charge in [0.2, 0.25) is 5.91 Å². The van der Waals surface area contributed by atoms with Crippen LogP contribution in [0.5, 0.6) is 0 Å². The minimum absolute atomic E-state index is 0.109. The van der Waals surface area contributed by atoms with Crippen LogP contribution in [0.4, 0.5) is 0 Å². The minimum atomic E-state index is -0.375. The normalized spacial score (nSPS) is 12.2. The van der Waals surface area contributed by atoms with Gasteiger partial charge in [-0.05, 0) is 6.42 Å². The monoisotopic (exact) mass is 142 g/mol. The van der Waals surface area contributed by atoms with Crippen LogP contribution in [-0.2, 0) is 4.79 Å². The highest BCUT2D eigenvalue weighted by Crippen LogP contribution is 1.84. The zero-order valence-corrected chi connectivity index (χ0v) is 6.26. The summed E-state index contributed by atoms with van der Waals surface area (Å²) in [6.07, 6.45) is 2.29. The van der Waals surface area contributed by atoms with Crippen molar-refractivity contribution < 1.29 is 4.79 Å². The smallest absolute Gasteiger partial charge is 0.237 e. The zero-order chi connectivity index (χ0) is 7.98. The largest absolute Gasteiger partial charge is 0.351 e. The van der Waals surface area contributed by atoms with E-state index in [1.807, 2.05) is 6.92 Å². The lowest BCUT2D eigenvalue weighted by Gasteiger charge is -2.06. The van der Waals surface area contributed by atoms with E-state index in [2.05, 4.69) is 11.9 Å². The van der Waals surface area contributed by atoms with Gasteiger partial charge in [0.25, 0.3) is 0 Å². The average Bonchev–Trinajstić information content (AvgIpc) is 1.98. The van der Waals surface area contributed by atoms with Gasteiger partial charge in [-0.25, -0.2) is 0 Å². The molecule has 0 rings (SSSR count). The number of hydrogen-bond donors (Lipinski definition) is 2. The van der Waals surface area contributed by atoms with E-state index in [1.165, 1.54) is 0 Å². The van der Waals surface area contributed by atoms with Crippen LogP contribution in [0.15, 0.2) is 12.7 Å². The average molecular weight is 142 g/mol. The Bertz CT molecular complexity index is 123. The van der Waals surface area contributed by atoms with Gasteiger partial charge in [-0.3, -0.25) is 4.79 Å². The Morgan fingerprint density at radius 2 is 2.50 bits per heavy atom. The fraction of sp³-hybridized carbons (Fsp3) is 0.571. The molecule has 0 heterocycles. The van der Waals surface area contributed by atoms with Crippen molar-refractivity contribution in [2.24, 2.45) is 5.73 Å². The molecule has 0 aliphatic rings. The van der Waals surface area contributed by atoms with Crippen LogP contribution < -0.4 is 11.1 Å². The third-order valence-corrected chi connectivity index (χ3v) is 1.20. The first-order chi connectivity index (χ1) is 4.72. The molecule has 0 bridgehead atoms. The fourth-order valence-corrected chi connectivity index (χ4v) is 0.489. The van der Waals surface area contributed by atoms with Gasteiger partial charge in [0.15, 0.2) is 0 Å². The van der Waals surface area contributed by atoms with Gasteiger partial charge in [-0.15, -0.1) is 6.58 Å². The molecule has 3 heteroatoms. The summed E-state index contributed by atoms with van der Waals surface area (Å²) in [4.78, 5) is 10.8. The second kappa shape index (κ2) is 4.99. The van der Waals surface area contributed by atoms with Gasteiger partial charge < -0.3 is 11.1 Å². The molecule has 3 N–H and O–H groups in total. The highest BCUT2D eigenvalue weighted by Gasteiger charge is 2.07. The molecule has 0 unspecified atom stereocenters. The van der Waals surface area contributed by atoms with Crippen LogP contribution in [0.25, 0.3) is 0 Å². The van der Waals surface area contributed by atoms with Gasteiger partial charge in [-0.1, -0.05) is 13.0 Å². The Balaban J connectivity index is 3.51. The highest BCUT2D eigenvalue weighted by atomic mass is 16.2. The number of amides is 1. The number of carbonyl (C=O) groups is 1. The molecule has 0 aromatic rings. The van der Waals surface area contributed by atoms with E-state index in [9.17, 15) is 4.79 Å². The molecular weight excluding hydrogens is 128 g/mol. The van der Waals surface area contributed by atoms with Crippen LogP contribution in [0.1, 0.15) is 13.3 Å². The zero-order valence-electron chi connectivity index (χ0n) is 6.26. The highest BCUT2D eigenvalue weighted by molar-refractivity contribution is 5.81. The molecule has 0 aromatic carbocycles. The molecule has 0 fully saturated rings. The Hall–Kier alpha value is -0.830. The first kappa shape index (κ1) is 9.17. The second-order valence-electron chi connectivity index (χ2n) is 2.05. The van der Waals surface area contributed by atoms with Crippen LogP contribution in [0.3, 0.4) is 0 Å². The van der Waals surface area contributed by atoms with Crippen molar-refractivity contribution >= 4 is 5.91 Å². The summed E-state index contributed by atoms with van der Waals surface area (Å²) in [5.41, 5.74) is 5.41. The quantitative estimate of drug-likeness (QED) is 0.544. The van der Waals surface area contributed by atoms with Crippen molar-refractivity contribution in [1.29, 1.82) is 0 Å². The Morgan fingerprint density at radius 1 is 1.90 bits per heavy atom. The van der Waals surface area contributed by atoms with Crippen LogP contribution in [0.2, 0.25) is 0 Å².